The van der Waals surface area contributed by atoms with Gasteiger partial charge in [0.25, 0.3) is 0 Å². The van der Waals surface area contributed by atoms with E-state index in [1.807, 2.05) is 48.7 Å². The zero-order valence-corrected chi connectivity index (χ0v) is 16.8. The third kappa shape index (κ3) is 4.03. The number of nitrogens with one attached hydrogen (secondary N) is 1. The largest absolute Gasteiger partial charge is 0.382 e. The van der Waals surface area contributed by atoms with Crippen LogP contribution >= 0.6 is 0 Å². The van der Waals surface area contributed by atoms with Gasteiger partial charge in [0.1, 0.15) is 0 Å². The third-order valence-corrected chi connectivity index (χ3v) is 7.22. The lowest BCUT2D eigenvalue weighted by Gasteiger charge is -2.32. The summed E-state index contributed by atoms with van der Waals surface area (Å²) in [6, 6.07) is 17.8. The predicted octanol–water partition coefficient (Wildman–Crippen LogP) is 3.95. The Morgan fingerprint density at radius 1 is 1.04 bits per heavy atom. The number of sulfonamides is 1. The molecule has 5 nitrogen and oxygen atoms in total. The molecule has 4 rings (SSSR count). The minimum absolute atomic E-state index is 0.0696. The van der Waals surface area contributed by atoms with Gasteiger partial charge in [-0.1, -0.05) is 48.5 Å². The summed E-state index contributed by atoms with van der Waals surface area (Å²) in [5.74, 6) is 0.0696. The van der Waals surface area contributed by atoms with Crippen molar-refractivity contribution in [3.05, 3.63) is 71.9 Å². The summed E-state index contributed by atoms with van der Waals surface area (Å²) >= 11 is 0. The van der Waals surface area contributed by atoms with Crippen molar-refractivity contribution in [3.63, 3.8) is 0 Å². The molecule has 0 atom stereocenters. The van der Waals surface area contributed by atoms with Gasteiger partial charge in [0.15, 0.2) is 0 Å². The number of piperidine rings is 1. The minimum atomic E-state index is -3.28. The first-order valence-corrected chi connectivity index (χ1v) is 11.3. The third-order valence-electron chi connectivity index (χ3n) is 5.37. The highest BCUT2D eigenvalue weighted by Crippen LogP contribution is 2.27. The fourth-order valence-electron chi connectivity index (χ4n) is 3.82. The summed E-state index contributed by atoms with van der Waals surface area (Å²) in [6.45, 7) is 3.17. The molecule has 1 saturated heterocycles. The van der Waals surface area contributed by atoms with E-state index in [-0.39, 0.29) is 11.8 Å². The van der Waals surface area contributed by atoms with Gasteiger partial charge in [-0.2, -0.15) is 0 Å². The number of benzene rings is 2. The van der Waals surface area contributed by atoms with Crippen molar-refractivity contribution in [1.29, 1.82) is 0 Å². The molecule has 0 bridgehead atoms. The fourth-order valence-corrected chi connectivity index (χ4v) is 5.39. The number of hydrogen-bond acceptors (Lipinski definition) is 4. The molecule has 2 heterocycles. The van der Waals surface area contributed by atoms with Crippen molar-refractivity contribution >= 4 is 26.6 Å². The second-order valence-corrected chi connectivity index (χ2v) is 9.36. The smallest absolute Gasteiger partial charge is 0.218 e. The molecular formula is C22H25N3O2S. The zero-order chi connectivity index (χ0) is 19.6. The van der Waals surface area contributed by atoms with Gasteiger partial charge in [0.2, 0.25) is 10.0 Å². The average molecular weight is 396 g/mol. The van der Waals surface area contributed by atoms with Crippen LogP contribution < -0.4 is 5.32 Å². The van der Waals surface area contributed by atoms with E-state index < -0.39 is 10.0 Å². The molecule has 1 fully saturated rings. The number of pyridine rings is 1. The summed E-state index contributed by atoms with van der Waals surface area (Å²) in [6.07, 6.45) is 3.42. The van der Waals surface area contributed by atoms with E-state index in [4.69, 9.17) is 0 Å². The number of rotatable bonds is 5. The number of para-hydroxylation sites is 1. The summed E-state index contributed by atoms with van der Waals surface area (Å²) in [7, 11) is -3.28. The maximum atomic E-state index is 12.7. The lowest BCUT2D eigenvalue weighted by molar-refractivity contribution is 0.329. The van der Waals surface area contributed by atoms with Crippen LogP contribution in [0.3, 0.4) is 0 Å². The molecular weight excluding hydrogens is 370 g/mol. The summed E-state index contributed by atoms with van der Waals surface area (Å²) in [5, 5.41) is 4.72. The topological polar surface area (TPSA) is 62.3 Å². The van der Waals surface area contributed by atoms with Crippen LogP contribution in [0.2, 0.25) is 0 Å². The number of hydrogen-bond donors (Lipinski definition) is 1. The molecule has 1 aromatic heterocycles. The second-order valence-electron chi connectivity index (χ2n) is 7.39. The summed E-state index contributed by atoms with van der Waals surface area (Å²) < 4.78 is 27.1. The number of aryl methyl sites for hydroxylation is 1. The van der Waals surface area contributed by atoms with Crippen molar-refractivity contribution in [1.82, 2.24) is 9.29 Å². The fraction of sp³-hybridized carbons (Fsp3) is 0.318. The number of aromatic nitrogens is 1. The van der Waals surface area contributed by atoms with E-state index >= 15 is 0 Å². The predicted molar refractivity (Wildman–Crippen MR) is 114 cm³/mol. The van der Waals surface area contributed by atoms with Crippen LogP contribution in [-0.4, -0.2) is 36.8 Å². The van der Waals surface area contributed by atoms with Gasteiger partial charge in [0, 0.05) is 36.4 Å². The lowest BCUT2D eigenvalue weighted by atomic mass is 10.0. The van der Waals surface area contributed by atoms with Crippen molar-refractivity contribution in [3.8, 4) is 0 Å². The Kier molecular flexibility index (Phi) is 5.33. The Balaban J connectivity index is 1.42. The minimum Gasteiger partial charge on any atom is -0.382 e. The van der Waals surface area contributed by atoms with Gasteiger partial charge in [-0.25, -0.2) is 12.7 Å². The van der Waals surface area contributed by atoms with E-state index in [0.29, 0.717) is 13.1 Å². The molecule has 2 aromatic carbocycles. The molecule has 3 aromatic rings. The van der Waals surface area contributed by atoms with Crippen molar-refractivity contribution in [2.75, 3.05) is 18.4 Å². The SMILES string of the molecule is Cc1cccc2c(NC3CCN(S(=O)(=O)Cc4ccccc4)CC3)ccnc12. The Morgan fingerprint density at radius 3 is 2.54 bits per heavy atom. The van der Waals surface area contributed by atoms with Crippen LogP contribution in [0.1, 0.15) is 24.0 Å². The van der Waals surface area contributed by atoms with E-state index in [1.54, 1.807) is 4.31 Å². The van der Waals surface area contributed by atoms with Crippen molar-refractivity contribution in [2.45, 2.75) is 31.6 Å². The van der Waals surface area contributed by atoms with Crippen LogP contribution in [0.15, 0.2) is 60.8 Å². The molecule has 0 aliphatic carbocycles. The Labute approximate surface area is 166 Å². The first-order valence-electron chi connectivity index (χ1n) is 9.65. The average Bonchev–Trinajstić information content (AvgIpc) is 2.70. The molecule has 0 radical (unpaired) electrons. The summed E-state index contributed by atoms with van der Waals surface area (Å²) in [5.41, 5.74) is 4.07. The monoisotopic (exact) mass is 395 g/mol. The maximum absolute atomic E-state index is 12.7. The van der Waals surface area contributed by atoms with Gasteiger partial charge >= 0.3 is 0 Å². The number of nitrogens with zero attached hydrogens (tertiary/aromatic N) is 2. The Bertz CT molecular complexity index is 1060. The molecule has 0 saturated carbocycles. The quantitative estimate of drug-likeness (QED) is 0.711. The van der Waals surface area contributed by atoms with Crippen LogP contribution in [0, 0.1) is 6.92 Å². The van der Waals surface area contributed by atoms with Crippen molar-refractivity contribution in [2.24, 2.45) is 0 Å². The molecule has 1 aliphatic rings. The molecule has 146 valence electrons. The Morgan fingerprint density at radius 2 is 1.79 bits per heavy atom. The molecule has 0 spiro atoms. The number of fused-ring (bicyclic) bond motifs is 1. The Hall–Kier alpha value is -2.44. The van der Waals surface area contributed by atoms with Crippen LogP contribution in [0.4, 0.5) is 5.69 Å². The van der Waals surface area contributed by atoms with Gasteiger partial charge in [-0.05, 0) is 37.0 Å². The highest BCUT2D eigenvalue weighted by atomic mass is 32.2. The maximum Gasteiger partial charge on any atom is 0.218 e. The molecule has 0 amide bonds. The molecule has 6 heteroatoms. The van der Waals surface area contributed by atoms with Gasteiger partial charge in [-0.3, -0.25) is 4.98 Å². The van der Waals surface area contributed by atoms with Crippen LogP contribution in [0.25, 0.3) is 10.9 Å². The standard InChI is InChI=1S/C22H25N3O2S/c1-17-6-5-9-20-21(10-13-23-22(17)20)24-19-11-14-25(15-12-19)28(26,27)16-18-7-3-2-4-8-18/h2-10,13,19H,11-12,14-16H2,1H3,(H,23,24). The first kappa shape index (κ1) is 18.9. The van der Waals surface area contributed by atoms with Crippen LogP contribution in [-0.2, 0) is 15.8 Å². The molecule has 0 unspecified atom stereocenters. The second kappa shape index (κ2) is 7.89. The van der Waals surface area contributed by atoms with Gasteiger partial charge in [-0.15, -0.1) is 0 Å². The lowest BCUT2D eigenvalue weighted by Crippen LogP contribution is -2.42. The molecule has 1 N–H and O–H groups in total. The van der Waals surface area contributed by atoms with Crippen molar-refractivity contribution < 1.29 is 8.42 Å². The van der Waals surface area contributed by atoms with E-state index in [9.17, 15) is 8.42 Å². The van der Waals surface area contributed by atoms with E-state index in [2.05, 4.69) is 29.4 Å². The number of anilines is 1. The van der Waals surface area contributed by atoms with Crippen LogP contribution in [0.5, 0.6) is 0 Å². The van der Waals surface area contributed by atoms with E-state index in [1.165, 1.54) is 0 Å². The highest BCUT2D eigenvalue weighted by Gasteiger charge is 2.28. The first-order chi connectivity index (χ1) is 13.5. The molecule has 28 heavy (non-hydrogen) atoms. The highest BCUT2D eigenvalue weighted by molar-refractivity contribution is 7.88. The van der Waals surface area contributed by atoms with Gasteiger partial charge in [0.05, 0.1) is 11.3 Å². The van der Waals surface area contributed by atoms with E-state index in [0.717, 1.165) is 40.6 Å². The van der Waals surface area contributed by atoms with Gasteiger partial charge < -0.3 is 5.32 Å². The zero-order valence-electron chi connectivity index (χ0n) is 16.0. The molecule has 1 aliphatic heterocycles. The normalized spacial score (nSPS) is 16.3. The summed E-state index contributed by atoms with van der Waals surface area (Å²) in [4.78, 5) is 4.49.